The van der Waals surface area contributed by atoms with Crippen molar-refractivity contribution in [2.45, 2.75) is 149 Å². The van der Waals surface area contributed by atoms with Crippen LogP contribution in [0.3, 0.4) is 0 Å². The molecule has 0 amide bonds. The average Bonchev–Trinajstić information content (AvgIpc) is 3.55. The molecule has 0 spiro atoms. The van der Waals surface area contributed by atoms with E-state index in [1.807, 2.05) is 31.2 Å². The Labute approximate surface area is 358 Å². The van der Waals surface area contributed by atoms with Gasteiger partial charge in [0.2, 0.25) is 5.69 Å². The molecule has 0 radical (unpaired) electrons. The Kier molecular flexibility index (Phi) is 13.2. The van der Waals surface area contributed by atoms with Crippen LogP contribution in [0.1, 0.15) is 130 Å². The van der Waals surface area contributed by atoms with E-state index in [2.05, 4.69) is 119 Å². The molecule has 3 heterocycles. The fourth-order valence-electron chi connectivity index (χ4n) is 10.0. The Morgan fingerprint density at radius 3 is 2.43 bits per heavy atom. The molecule has 0 saturated carbocycles. The lowest BCUT2D eigenvalue weighted by atomic mass is 9.79. The summed E-state index contributed by atoms with van der Waals surface area (Å²) in [6.07, 6.45) is 20.2. The highest BCUT2D eigenvalue weighted by Gasteiger charge is 2.43. The summed E-state index contributed by atoms with van der Waals surface area (Å²) in [5.74, 6) is 1.34. The van der Waals surface area contributed by atoms with E-state index >= 15 is 0 Å². The van der Waals surface area contributed by atoms with Gasteiger partial charge in [-0.15, -0.1) is 0 Å². The zero-order valence-electron chi connectivity index (χ0n) is 37.4. The van der Waals surface area contributed by atoms with Gasteiger partial charge < -0.3 is 29.0 Å². The molecule has 60 heavy (non-hydrogen) atoms. The van der Waals surface area contributed by atoms with Crippen molar-refractivity contribution in [1.29, 1.82) is 0 Å². The maximum atomic E-state index is 11.6. The van der Waals surface area contributed by atoms with Gasteiger partial charge in [0, 0.05) is 66.9 Å². The van der Waals surface area contributed by atoms with Gasteiger partial charge in [0.25, 0.3) is 0 Å². The van der Waals surface area contributed by atoms with E-state index in [9.17, 15) is 9.90 Å². The molecule has 320 valence electrons. The number of aliphatic hydroxyl groups excluding tert-OH is 1. The summed E-state index contributed by atoms with van der Waals surface area (Å²) < 4.78 is 27.6. The number of para-hydroxylation sites is 1. The SMILES string of the molecule is CCC(CC(O)CC1CC(CC)OC(c2ccc(OC3=C(C=CC4=[N+](C)c5ccccc5C4(C)C)CCCC3=CC=C3N(C)C4=C(CCC=C4)C3(C)C)cc2)O1)OC(C)=O. The largest absolute Gasteiger partial charge is 0.462 e. The lowest BCUT2D eigenvalue weighted by molar-refractivity contribution is -0.401. The molecule has 2 aliphatic carbocycles. The first-order valence-corrected chi connectivity index (χ1v) is 22.3. The van der Waals surface area contributed by atoms with Crippen LogP contribution >= 0.6 is 0 Å². The summed E-state index contributed by atoms with van der Waals surface area (Å²) in [7, 11) is 4.37. The Hall–Kier alpha value is -4.50. The van der Waals surface area contributed by atoms with Crippen molar-refractivity contribution in [3.05, 3.63) is 130 Å². The van der Waals surface area contributed by atoms with Crippen LogP contribution in [0.4, 0.5) is 5.69 Å². The molecule has 8 heteroatoms. The number of ether oxygens (including phenoxy) is 4. The molecule has 3 aliphatic heterocycles. The fraction of sp³-hybridized carbons (Fsp3) is 0.500. The third-order valence-electron chi connectivity index (χ3n) is 13.4. The van der Waals surface area contributed by atoms with Crippen LogP contribution < -0.4 is 4.74 Å². The second kappa shape index (κ2) is 18.2. The molecule has 7 rings (SSSR count). The Balaban J connectivity index is 1.16. The van der Waals surface area contributed by atoms with Gasteiger partial charge in [-0.2, -0.15) is 4.58 Å². The van der Waals surface area contributed by atoms with E-state index in [1.54, 1.807) is 0 Å². The van der Waals surface area contributed by atoms with Gasteiger partial charge in [-0.05, 0) is 112 Å². The topological polar surface area (TPSA) is 80.5 Å². The molecule has 1 N–H and O–H groups in total. The summed E-state index contributed by atoms with van der Waals surface area (Å²) in [4.78, 5) is 13.9. The molecule has 5 unspecified atom stereocenters. The van der Waals surface area contributed by atoms with E-state index in [4.69, 9.17) is 18.9 Å². The van der Waals surface area contributed by atoms with Crippen molar-refractivity contribution in [2.75, 3.05) is 14.1 Å². The van der Waals surface area contributed by atoms with Crippen molar-refractivity contribution in [3.8, 4) is 5.75 Å². The second-order valence-electron chi connectivity index (χ2n) is 18.3. The number of fused-ring (bicyclic) bond motifs is 1. The van der Waals surface area contributed by atoms with Crippen molar-refractivity contribution in [3.63, 3.8) is 0 Å². The summed E-state index contributed by atoms with van der Waals surface area (Å²) >= 11 is 0. The molecule has 5 aliphatic rings. The van der Waals surface area contributed by atoms with Crippen LogP contribution in [-0.4, -0.2) is 64.8 Å². The maximum absolute atomic E-state index is 11.6. The maximum Gasteiger partial charge on any atom is 0.302 e. The number of allylic oxidation sites excluding steroid dienone is 9. The van der Waals surface area contributed by atoms with E-state index < -0.39 is 12.4 Å². The minimum Gasteiger partial charge on any atom is -0.462 e. The lowest BCUT2D eigenvalue weighted by Gasteiger charge is -2.36. The number of nitrogens with zero attached hydrogens (tertiary/aromatic N) is 2. The standard InChI is InChI=1S/C52H67N2O6/c1-10-39(57-34(3)55)31-38(56)32-42-33-40(11-2)59-50(60-42)37-23-27-41(28-24-37)58-49-35(25-29-47-51(4,5)43-19-12-14-21-45(43)53(47)8)17-16-18-36(49)26-30-48-52(6,7)44-20-13-15-22-46(44)54(48)9/h12,14-15,19,21-30,38-40,42,50,56H,10-11,13,16-18,20,31-33H2,1-9H3/q+1. The number of likely N-dealkylation sites (N-methyl/N-ethyl adjacent to an activating group) is 1. The fourth-order valence-corrected chi connectivity index (χ4v) is 10.0. The first-order valence-electron chi connectivity index (χ1n) is 22.3. The van der Waals surface area contributed by atoms with Gasteiger partial charge in [0.15, 0.2) is 12.0 Å². The molecule has 5 atom stereocenters. The number of rotatable bonds is 13. The van der Waals surface area contributed by atoms with Gasteiger partial charge in [0.05, 0.1) is 23.7 Å². The average molecular weight is 816 g/mol. The smallest absolute Gasteiger partial charge is 0.302 e. The molecule has 2 aromatic rings. The van der Waals surface area contributed by atoms with Gasteiger partial charge in [-0.3, -0.25) is 4.79 Å². The number of benzene rings is 2. The minimum absolute atomic E-state index is 0.00563. The number of aliphatic hydroxyl groups is 1. The van der Waals surface area contributed by atoms with Gasteiger partial charge in [-0.1, -0.05) is 70.2 Å². The Morgan fingerprint density at radius 1 is 0.983 bits per heavy atom. The predicted octanol–water partition coefficient (Wildman–Crippen LogP) is 11.2. The van der Waals surface area contributed by atoms with Crippen molar-refractivity contribution >= 4 is 17.4 Å². The minimum atomic E-state index is -0.649. The molecule has 0 aromatic heterocycles. The molecular formula is C52H67N2O6+. The van der Waals surface area contributed by atoms with Crippen LogP contribution in [0.2, 0.25) is 0 Å². The quantitative estimate of drug-likeness (QED) is 0.159. The van der Waals surface area contributed by atoms with Crippen LogP contribution in [0, 0.1) is 5.41 Å². The third kappa shape index (κ3) is 9.07. The van der Waals surface area contributed by atoms with Crippen molar-refractivity contribution in [2.24, 2.45) is 5.41 Å². The predicted molar refractivity (Wildman–Crippen MR) is 239 cm³/mol. The highest BCUT2D eigenvalue weighted by Crippen LogP contribution is 2.50. The highest BCUT2D eigenvalue weighted by molar-refractivity contribution is 6.03. The summed E-state index contributed by atoms with van der Waals surface area (Å²) in [6.45, 7) is 14.8. The Bertz CT molecular complexity index is 2150. The van der Waals surface area contributed by atoms with Crippen LogP contribution in [0.5, 0.6) is 5.75 Å². The van der Waals surface area contributed by atoms with Gasteiger partial charge >= 0.3 is 5.97 Å². The van der Waals surface area contributed by atoms with Gasteiger partial charge in [0.1, 0.15) is 24.7 Å². The molecule has 8 nitrogen and oxygen atoms in total. The summed E-state index contributed by atoms with van der Waals surface area (Å²) in [5, 5.41) is 11.0. The van der Waals surface area contributed by atoms with E-state index in [0.717, 1.165) is 55.6 Å². The normalized spacial score (nSPS) is 26.0. The number of esters is 1. The summed E-state index contributed by atoms with van der Waals surface area (Å²) in [6, 6.07) is 16.8. The van der Waals surface area contributed by atoms with Crippen molar-refractivity contribution in [1.82, 2.24) is 4.90 Å². The number of hydrogen-bond acceptors (Lipinski definition) is 7. The molecular weight excluding hydrogens is 749 g/mol. The van der Waals surface area contributed by atoms with Gasteiger partial charge in [-0.25, -0.2) is 0 Å². The number of carbonyl (C=O) groups excluding carboxylic acids is 1. The molecule has 1 saturated heterocycles. The molecule has 0 bridgehead atoms. The second-order valence-corrected chi connectivity index (χ2v) is 18.3. The van der Waals surface area contributed by atoms with Crippen LogP contribution in [-0.2, 0) is 24.4 Å². The van der Waals surface area contributed by atoms with E-state index in [1.165, 1.54) is 52.0 Å². The number of hydrogen-bond donors (Lipinski definition) is 1. The van der Waals surface area contributed by atoms with Crippen LogP contribution in [0.25, 0.3) is 0 Å². The zero-order valence-corrected chi connectivity index (χ0v) is 37.4. The monoisotopic (exact) mass is 815 g/mol. The lowest BCUT2D eigenvalue weighted by Crippen LogP contribution is -2.36. The van der Waals surface area contributed by atoms with Crippen molar-refractivity contribution < 1.29 is 33.4 Å². The Morgan fingerprint density at radius 2 is 1.73 bits per heavy atom. The zero-order chi connectivity index (χ0) is 42.8. The van der Waals surface area contributed by atoms with E-state index in [-0.39, 0.29) is 35.1 Å². The first-order chi connectivity index (χ1) is 28.7. The van der Waals surface area contributed by atoms with Crippen LogP contribution in [0.15, 0.2) is 119 Å². The highest BCUT2D eigenvalue weighted by atomic mass is 16.7. The molecule has 1 fully saturated rings. The third-order valence-corrected chi connectivity index (χ3v) is 13.4. The van der Waals surface area contributed by atoms with E-state index in [0.29, 0.717) is 25.7 Å². The molecule has 2 aromatic carbocycles. The number of carbonyl (C=O) groups is 1. The summed E-state index contributed by atoms with van der Waals surface area (Å²) in [5.41, 5.74) is 11.1. The first kappa shape index (κ1) is 43.6.